The smallest absolute Gasteiger partial charge is 0.234 e. The fourth-order valence-electron chi connectivity index (χ4n) is 3.62. The maximum absolute atomic E-state index is 12.3. The van der Waals surface area contributed by atoms with Crippen LogP contribution in [0.4, 0.5) is 0 Å². The molecular formula is C18H34N4O2. The Bertz CT molecular complexity index is 408. The Morgan fingerprint density at radius 3 is 2.12 bits per heavy atom. The topological polar surface area (TPSA) is 64.7 Å². The van der Waals surface area contributed by atoms with E-state index in [4.69, 9.17) is 0 Å². The summed E-state index contributed by atoms with van der Waals surface area (Å²) in [6, 6.07) is 0.356. The van der Waals surface area contributed by atoms with Gasteiger partial charge in [0.1, 0.15) is 0 Å². The van der Waals surface area contributed by atoms with Crippen LogP contribution in [0.3, 0.4) is 0 Å². The number of hydrogen-bond acceptors (Lipinski definition) is 4. The lowest BCUT2D eigenvalue weighted by molar-refractivity contribution is -0.125. The largest absolute Gasteiger partial charge is 0.355 e. The van der Waals surface area contributed by atoms with Crippen molar-refractivity contribution in [2.75, 3.05) is 45.8 Å². The fourth-order valence-corrected chi connectivity index (χ4v) is 3.62. The number of nitrogens with zero attached hydrogens (tertiary/aromatic N) is 2. The normalized spacial score (nSPS) is 26.1. The molecule has 1 aliphatic carbocycles. The van der Waals surface area contributed by atoms with Crippen molar-refractivity contribution in [1.29, 1.82) is 0 Å². The van der Waals surface area contributed by atoms with Crippen LogP contribution in [-0.4, -0.2) is 73.5 Å². The first-order valence-corrected chi connectivity index (χ1v) is 9.59. The zero-order chi connectivity index (χ0) is 17.4. The predicted octanol–water partition coefficient (Wildman–Crippen LogP) is 0.825. The highest BCUT2D eigenvalue weighted by atomic mass is 16.2. The van der Waals surface area contributed by atoms with E-state index in [0.29, 0.717) is 25.0 Å². The summed E-state index contributed by atoms with van der Waals surface area (Å²) >= 11 is 0. The van der Waals surface area contributed by atoms with E-state index in [-0.39, 0.29) is 11.8 Å². The molecular weight excluding hydrogens is 304 g/mol. The molecule has 0 spiro atoms. The summed E-state index contributed by atoms with van der Waals surface area (Å²) in [6.45, 7) is 9.42. The van der Waals surface area contributed by atoms with Crippen molar-refractivity contribution in [2.24, 2.45) is 5.92 Å². The van der Waals surface area contributed by atoms with Gasteiger partial charge >= 0.3 is 0 Å². The molecule has 1 heterocycles. The molecule has 2 aliphatic rings. The first kappa shape index (κ1) is 19.2. The summed E-state index contributed by atoms with van der Waals surface area (Å²) in [6.07, 6.45) is 5.83. The third kappa shape index (κ3) is 6.40. The van der Waals surface area contributed by atoms with Crippen LogP contribution < -0.4 is 10.6 Å². The summed E-state index contributed by atoms with van der Waals surface area (Å²) in [5.41, 5.74) is 0. The van der Waals surface area contributed by atoms with Crippen LogP contribution in [0.5, 0.6) is 0 Å². The van der Waals surface area contributed by atoms with Crippen LogP contribution in [0, 0.1) is 5.92 Å². The Hall–Kier alpha value is -1.14. The van der Waals surface area contributed by atoms with Crippen LogP contribution in [0.2, 0.25) is 0 Å². The number of carbonyl (C=O) groups excluding carboxylic acids is 2. The molecule has 2 rings (SSSR count). The van der Waals surface area contributed by atoms with Crippen molar-refractivity contribution in [1.82, 2.24) is 20.4 Å². The minimum Gasteiger partial charge on any atom is -0.355 e. The standard InChI is InChI=1S/C18H34N4O2/c1-3-8-19-17(23)13-21-9-11-22(12-10-21)14-18(24)20-16-7-5-4-6-15(16)2/h15-16H,3-14H2,1-2H3,(H,19,23)(H,20,24). The molecule has 0 aromatic carbocycles. The maximum Gasteiger partial charge on any atom is 0.234 e. The van der Waals surface area contributed by atoms with Gasteiger partial charge < -0.3 is 10.6 Å². The fraction of sp³-hybridized carbons (Fsp3) is 0.889. The van der Waals surface area contributed by atoms with Crippen molar-refractivity contribution in [3.05, 3.63) is 0 Å². The Labute approximate surface area is 146 Å². The first-order chi connectivity index (χ1) is 11.6. The van der Waals surface area contributed by atoms with Crippen molar-refractivity contribution >= 4 is 11.8 Å². The SMILES string of the molecule is CCCNC(=O)CN1CCN(CC(=O)NC2CCCCC2C)CC1. The molecule has 2 atom stereocenters. The van der Waals surface area contributed by atoms with Gasteiger partial charge in [0.25, 0.3) is 0 Å². The van der Waals surface area contributed by atoms with Crippen LogP contribution in [-0.2, 0) is 9.59 Å². The van der Waals surface area contributed by atoms with E-state index in [2.05, 4.69) is 34.3 Å². The molecule has 6 heteroatoms. The first-order valence-electron chi connectivity index (χ1n) is 9.59. The number of hydrogen-bond donors (Lipinski definition) is 2. The minimum atomic E-state index is 0.106. The second-order valence-electron chi connectivity index (χ2n) is 7.34. The van der Waals surface area contributed by atoms with Gasteiger partial charge in [0.15, 0.2) is 0 Å². The number of carbonyl (C=O) groups is 2. The molecule has 2 amide bonds. The predicted molar refractivity (Wildman–Crippen MR) is 95.7 cm³/mol. The highest BCUT2D eigenvalue weighted by molar-refractivity contribution is 5.78. The zero-order valence-electron chi connectivity index (χ0n) is 15.4. The molecule has 0 radical (unpaired) electrons. The van der Waals surface area contributed by atoms with E-state index in [0.717, 1.165) is 45.6 Å². The van der Waals surface area contributed by atoms with Crippen LogP contribution in [0.25, 0.3) is 0 Å². The highest BCUT2D eigenvalue weighted by Crippen LogP contribution is 2.23. The molecule has 2 N–H and O–H groups in total. The van der Waals surface area contributed by atoms with Gasteiger partial charge in [-0.3, -0.25) is 19.4 Å². The van der Waals surface area contributed by atoms with E-state index in [1.165, 1.54) is 19.3 Å². The van der Waals surface area contributed by atoms with Crippen LogP contribution >= 0.6 is 0 Å². The maximum atomic E-state index is 12.3. The average molecular weight is 338 g/mol. The molecule has 2 fully saturated rings. The number of rotatable bonds is 7. The van der Waals surface area contributed by atoms with Crippen molar-refractivity contribution in [2.45, 2.75) is 52.0 Å². The third-order valence-electron chi connectivity index (χ3n) is 5.23. The molecule has 0 bridgehead atoms. The van der Waals surface area contributed by atoms with Gasteiger partial charge in [-0.1, -0.05) is 26.7 Å². The van der Waals surface area contributed by atoms with Gasteiger partial charge in [-0.15, -0.1) is 0 Å². The van der Waals surface area contributed by atoms with E-state index in [1.807, 2.05) is 0 Å². The molecule has 0 aromatic rings. The second kappa shape index (κ2) is 9.99. The zero-order valence-corrected chi connectivity index (χ0v) is 15.4. The number of amides is 2. The Morgan fingerprint density at radius 1 is 0.958 bits per heavy atom. The summed E-state index contributed by atoms with van der Waals surface area (Å²) in [5.74, 6) is 0.860. The van der Waals surface area contributed by atoms with E-state index < -0.39 is 0 Å². The van der Waals surface area contributed by atoms with Gasteiger partial charge in [0.05, 0.1) is 13.1 Å². The minimum absolute atomic E-state index is 0.106. The van der Waals surface area contributed by atoms with Gasteiger partial charge in [-0.2, -0.15) is 0 Å². The van der Waals surface area contributed by atoms with Gasteiger partial charge in [-0.25, -0.2) is 0 Å². The lowest BCUT2D eigenvalue weighted by atomic mass is 9.86. The molecule has 138 valence electrons. The molecule has 1 aliphatic heterocycles. The van der Waals surface area contributed by atoms with Gasteiger partial charge in [0, 0.05) is 38.8 Å². The van der Waals surface area contributed by atoms with Crippen LogP contribution in [0.1, 0.15) is 46.0 Å². The molecule has 24 heavy (non-hydrogen) atoms. The molecule has 0 aromatic heterocycles. The number of nitrogens with one attached hydrogen (secondary N) is 2. The summed E-state index contributed by atoms with van der Waals surface area (Å²) in [4.78, 5) is 28.4. The summed E-state index contributed by atoms with van der Waals surface area (Å²) < 4.78 is 0. The lowest BCUT2D eigenvalue weighted by Crippen LogP contribution is -2.52. The molecule has 1 saturated heterocycles. The number of piperazine rings is 1. The monoisotopic (exact) mass is 338 g/mol. The van der Waals surface area contributed by atoms with Crippen LogP contribution in [0.15, 0.2) is 0 Å². The molecule has 6 nitrogen and oxygen atoms in total. The third-order valence-corrected chi connectivity index (χ3v) is 5.23. The molecule has 2 unspecified atom stereocenters. The van der Waals surface area contributed by atoms with Gasteiger partial charge in [-0.05, 0) is 25.2 Å². The average Bonchev–Trinajstić information content (AvgIpc) is 2.57. The summed E-state index contributed by atoms with van der Waals surface area (Å²) in [5, 5.41) is 6.14. The van der Waals surface area contributed by atoms with Crippen molar-refractivity contribution in [3.8, 4) is 0 Å². The lowest BCUT2D eigenvalue weighted by Gasteiger charge is -2.35. The highest BCUT2D eigenvalue weighted by Gasteiger charge is 2.25. The van der Waals surface area contributed by atoms with Gasteiger partial charge in [0.2, 0.25) is 11.8 Å². The Kier molecular flexibility index (Phi) is 7.99. The Morgan fingerprint density at radius 2 is 1.54 bits per heavy atom. The Balaban J connectivity index is 1.63. The van der Waals surface area contributed by atoms with E-state index in [1.54, 1.807) is 0 Å². The van der Waals surface area contributed by atoms with E-state index in [9.17, 15) is 9.59 Å². The van der Waals surface area contributed by atoms with E-state index >= 15 is 0 Å². The van der Waals surface area contributed by atoms with Crippen molar-refractivity contribution < 1.29 is 9.59 Å². The second-order valence-corrected chi connectivity index (χ2v) is 7.34. The molecule has 1 saturated carbocycles. The summed E-state index contributed by atoms with van der Waals surface area (Å²) in [7, 11) is 0. The quantitative estimate of drug-likeness (QED) is 0.721. The van der Waals surface area contributed by atoms with Crippen molar-refractivity contribution in [3.63, 3.8) is 0 Å².